The van der Waals surface area contributed by atoms with Gasteiger partial charge in [-0.3, -0.25) is 10.0 Å². The van der Waals surface area contributed by atoms with Gasteiger partial charge in [-0.05, 0) is 56.4 Å². The van der Waals surface area contributed by atoms with Crippen molar-refractivity contribution in [3.63, 3.8) is 0 Å². The van der Waals surface area contributed by atoms with Gasteiger partial charge >= 0.3 is 0 Å². The van der Waals surface area contributed by atoms with Crippen LogP contribution in [0.25, 0.3) is 0 Å². The Morgan fingerprint density at radius 3 is 2.67 bits per heavy atom. The predicted molar refractivity (Wildman–Crippen MR) is 78.6 cm³/mol. The summed E-state index contributed by atoms with van der Waals surface area (Å²) in [6, 6.07) is 2.13. The van der Waals surface area contributed by atoms with E-state index in [0.717, 1.165) is 28.9 Å². The van der Waals surface area contributed by atoms with E-state index in [2.05, 4.69) is 6.07 Å². The largest absolute Gasteiger partial charge is 0.477 e. The molecule has 21 heavy (non-hydrogen) atoms. The van der Waals surface area contributed by atoms with Crippen LogP contribution in [0.15, 0.2) is 6.07 Å². The van der Waals surface area contributed by atoms with Gasteiger partial charge in [-0.2, -0.15) is 0 Å². The molecule has 0 saturated heterocycles. The first-order chi connectivity index (χ1) is 9.80. The van der Waals surface area contributed by atoms with Gasteiger partial charge in [0.05, 0.1) is 13.2 Å². The van der Waals surface area contributed by atoms with Crippen LogP contribution in [0.1, 0.15) is 35.6 Å². The Kier molecular flexibility index (Phi) is 4.25. The van der Waals surface area contributed by atoms with Crippen molar-refractivity contribution in [1.29, 1.82) is 0 Å². The number of carbonyl (C=O) groups is 1. The molecule has 1 aliphatic rings. The van der Waals surface area contributed by atoms with Crippen LogP contribution in [0.2, 0.25) is 0 Å². The minimum atomic E-state index is -1.10. The van der Waals surface area contributed by atoms with Gasteiger partial charge in [0.25, 0.3) is 5.91 Å². The van der Waals surface area contributed by atoms with Crippen LogP contribution in [0.3, 0.4) is 0 Å². The lowest BCUT2D eigenvalue weighted by Crippen LogP contribution is -2.52. The van der Waals surface area contributed by atoms with Crippen LogP contribution in [0.5, 0.6) is 5.75 Å². The molecule has 0 aromatic heterocycles. The highest BCUT2D eigenvalue weighted by Crippen LogP contribution is 2.39. The molecule has 1 aromatic carbocycles. The van der Waals surface area contributed by atoms with E-state index in [0.29, 0.717) is 11.5 Å². The molecule has 0 fully saturated rings. The van der Waals surface area contributed by atoms with E-state index in [1.807, 2.05) is 20.8 Å². The highest BCUT2D eigenvalue weighted by molar-refractivity contribution is 5.85. The van der Waals surface area contributed by atoms with Gasteiger partial charge < -0.3 is 9.84 Å². The zero-order valence-electron chi connectivity index (χ0n) is 13.1. The molecule has 2 N–H and O–H groups in total. The lowest BCUT2D eigenvalue weighted by Gasteiger charge is -2.37. The Hall–Kier alpha value is -1.59. The van der Waals surface area contributed by atoms with Crippen molar-refractivity contribution in [2.45, 2.75) is 46.1 Å². The van der Waals surface area contributed by atoms with E-state index in [1.54, 1.807) is 6.92 Å². The number of aliphatic hydroxyl groups is 1. The van der Waals surface area contributed by atoms with Crippen LogP contribution < -0.4 is 4.74 Å². The molecule has 1 aliphatic heterocycles. The minimum Gasteiger partial charge on any atom is -0.477 e. The number of rotatable bonds is 3. The Labute approximate surface area is 125 Å². The van der Waals surface area contributed by atoms with Crippen molar-refractivity contribution in [3.8, 4) is 5.75 Å². The molecule has 116 valence electrons. The summed E-state index contributed by atoms with van der Waals surface area (Å²) in [5, 5.41) is 19.1. The van der Waals surface area contributed by atoms with E-state index in [4.69, 9.17) is 9.84 Å². The summed E-state index contributed by atoms with van der Waals surface area (Å²) in [4.78, 5) is 12.3. The van der Waals surface area contributed by atoms with E-state index in [9.17, 15) is 10.0 Å². The highest BCUT2D eigenvalue weighted by atomic mass is 16.5. The van der Waals surface area contributed by atoms with Crippen LogP contribution in [-0.4, -0.2) is 40.0 Å². The highest BCUT2D eigenvalue weighted by Gasteiger charge is 2.42. The van der Waals surface area contributed by atoms with Gasteiger partial charge in [0.15, 0.2) is 5.60 Å². The fourth-order valence-corrected chi connectivity index (χ4v) is 2.81. The number of aliphatic hydroxyl groups excluding tert-OH is 1. The maximum Gasteiger partial charge on any atom is 0.289 e. The van der Waals surface area contributed by atoms with Gasteiger partial charge in [0, 0.05) is 6.42 Å². The van der Waals surface area contributed by atoms with Crippen molar-refractivity contribution in [3.05, 3.63) is 28.3 Å². The minimum absolute atomic E-state index is 0.115. The molecule has 1 atom stereocenters. The summed E-state index contributed by atoms with van der Waals surface area (Å²) in [6.45, 7) is 7.33. The fraction of sp³-hybridized carbons (Fsp3) is 0.562. The molecule has 1 heterocycles. The Morgan fingerprint density at radius 2 is 2.05 bits per heavy atom. The molecule has 0 saturated carbocycles. The number of amides is 1. The maximum atomic E-state index is 12.3. The van der Waals surface area contributed by atoms with Gasteiger partial charge in [0.2, 0.25) is 0 Å². The summed E-state index contributed by atoms with van der Waals surface area (Å²) < 4.78 is 6.01. The third-order valence-electron chi connectivity index (χ3n) is 4.29. The molecule has 1 unspecified atom stereocenters. The van der Waals surface area contributed by atoms with Crippen molar-refractivity contribution in [2.75, 3.05) is 13.2 Å². The first kappa shape index (κ1) is 15.8. The van der Waals surface area contributed by atoms with Crippen molar-refractivity contribution in [2.24, 2.45) is 0 Å². The molecule has 5 heteroatoms. The summed E-state index contributed by atoms with van der Waals surface area (Å²) >= 11 is 0. The lowest BCUT2D eigenvalue weighted by molar-refractivity contribution is -0.184. The van der Waals surface area contributed by atoms with Gasteiger partial charge in [0.1, 0.15) is 5.75 Å². The van der Waals surface area contributed by atoms with Gasteiger partial charge in [-0.1, -0.05) is 6.07 Å². The van der Waals surface area contributed by atoms with Crippen LogP contribution in [-0.2, 0) is 11.2 Å². The average molecular weight is 293 g/mol. The SMILES string of the molecule is Cc1cc(C)c2c(c1C)OC(C)(C(=O)N(O)CCO)CC2. The molecule has 0 bridgehead atoms. The molecular weight excluding hydrogens is 270 g/mol. The van der Waals surface area contributed by atoms with Crippen LogP contribution >= 0.6 is 0 Å². The summed E-state index contributed by atoms with van der Waals surface area (Å²) in [5.41, 5.74) is 3.36. The maximum absolute atomic E-state index is 12.3. The first-order valence-electron chi connectivity index (χ1n) is 7.20. The predicted octanol–water partition coefficient (Wildman–Crippen LogP) is 1.91. The second-order valence-corrected chi connectivity index (χ2v) is 5.93. The number of hydrogen-bond acceptors (Lipinski definition) is 4. The zero-order valence-corrected chi connectivity index (χ0v) is 13.1. The van der Waals surface area contributed by atoms with Gasteiger partial charge in [-0.25, -0.2) is 5.06 Å². The summed E-state index contributed by atoms with van der Waals surface area (Å²) in [6.07, 6.45) is 1.24. The van der Waals surface area contributed by atoms with E-state index in [-0.39, 0.29) is 13.2 Å². The molecule has 1 aromatic rings. The number of nitrogens with zero attached hydrogens (tertiary/aromatic N) is 1. The molecule has 5 nitrogen and oxygen atoms in total. The zero-order chi connectivity index (χ0) is 15.8. The van der Waals surface area contributed by atoms with Crippen LogP contribution in [0.4, 0.5) is 0 Å². The number of fused-ring (bicyclic) bond motifs is 1. The topological polar surface area (TPSA) is 70.0 Å². The lowest BCUT2D eigenvalue weighted by atomic mass is 9.87. The van der Waals surface area contributed by atoms with Crippen molar-refractivity contribution >= 4 is 5.91 Å². The second kappa shape index (κ2) is 5.66. The number of hydroxylamine groups is 2. The first-order valence-corrected chi connectivity index (χ1v) is 7.20. The molecule has 1 amide bonds. The normalized spacial score (nSPS) is 20.7. The number of ether oxygens (including phenoxy) is 1. The smallest absolute Gasteiger partial charge is 0.289 e. The Bertz CT molecular complexity index is 570. The number of aryl methyl sites for hydroxylation is 2. The Balaban J connectivity index is 2.36. The number of carbonyl (C=O) groups excluding carboxylic acids is 1. The van der Waals surface area contributed by atoms with E-state index >= 15 is 0 Å². The monoisotopic (exact) mass is 293 g/mol. The number of benzene rings is 1. The van der Waals surface area contributed by atoms with Crippen molar-refractivity contribution < 1.29 is 19.8 Å². The molecule has 2 rings (SSSR count). The van der Waals surface area contributed by atoms with Crippen molar-refractivity contribution in [1.82, 2.24) is 5.06 Å². The fourth-order valence-electron chi connectivity index (χ4n) is 2.81. The second-order valence-electron chi connectivity index (χ2n) is 5.93. The molecular formula is C16H23NO4. The third kappa shape index (κ3) is 2.76. The van der Waals surface area contributed by atoms with Crippen LogP contribution in [0, 0.1) is 20.8 Å². The average Bonchev–Trinajstić information content (AvgIpc) is 2.44. The summed E-state index contributed by atoms with van der Waals surface area (Å²) in [5.74, 6) is 0.243. The quantitative estimate of drug-likeness (QED) is 0.660. The summed E-state index contributed by atoms with van der Waals surface area (Å²) in [7, 11) is 0. The standard InChI is InChI=1S/C16H23NO4/c1-10-9-11(2)13-5-6-16(4,21-14(13)12(10)3)15(19)17(20)7-8-18/h9,18,20H,5-8H2,1-4H3. The number of hydrogen-bond donors (Lipinski definition) is 2. The van der Waals surface area contributed by atoms with E-state index in [1.165, 1.54) is 5.56 Å². The molecule has 0 aliphatic carbocycles. The Morgan fingerprint density at radius 1 is 1.38 bits per heavy atom. The third-order valence-corrected chi connectivity index (χ3v) is 4.29. The van der Waals surface area contributed by atoms with E-state index < -0.39 is 11.5 Å². The molecule has 0 spiro atoms. The van der Waals surface area contributed by atoms with Gasteiger partial charge in [-0.15, -0.1) is 0 Å². The molecule has 0 radical (unpaired) electrons.